The van der Waals surface area contributed by atoms with Crippen molar-refractivity contribution in [2.24, 2.45) is 0 Å². The maximum Gasteiger partial charge on any atom is 0.237 e. The molecule has 1 spiro atoms. The Morgan fingerprint density at radius 1 is 1.43 bits per heavy atom. The molecule has 2 aliphatic rings. The second kappa shape index (κ2) is 6.20. The van der Waals surface area contributed by atoms with Gasteiger partial charge in [0.15, 0.2) is 0 Å². The van der Waals surface area contributed by atoms with E-state index in [-0.39, 0.29) is 11.7 Å². The van der Waals surface area contributed by atoms with Crippen LogP contribution in [0.25, 0.3) is 0 Å². The van der Waals surface area contributed by atoms with Gasteiger partial charge in [-0.3, -0.25) is 0 Å². The highest BCUT2D eigenvalue weighted by atomic mass is 16.6. The zero-order valence-corrected chi connectivity index (χ0v) is 12.8. The van der Waals surface area contributed by atoms with Crippen LogP contribution in [0.5, 0.6) is 5.88 Å². The van der Waals surface area contributed by atoms with Gasteiger partial charge in [-0.05, 0) is 38.8 Å². The summed E-state index contributed by atoms with van der Waals surface area (Å²) in [6, 6.07) is 4.33. The number of aromatic nitrogens is 1. The maximum atomic E-state index is 5.98. The number of anilines is 1. The minimum absolute atomic E-state index is 0.0861. The van der Waals surface area contributed by atoms with Crippen molar-refractivity contribution in [2.45, 2.75) is 50.9 Å². The van der Waals surface area contributed by atoms with Crippen LogP contribution in [0.15, 0.2) is 18.3 Å². The summed E-state index contributed by atoms with van der Waals surface area (Å²) in [5, 5.41) is 3.58. The van der Waals surface area contributed by atoms with Crippen molar-refractivity contribution in [3.05, 3.63) is 18.3 Å². The molecule has 2 atom stereocenters. The van der Waals surface area contributed by atoms with E-state index < -0.39 is 0 Å². The van der Waals surface area contributed by atoms with Crippen molar-refractivity contribution in [3.8, 4) is 5.88 Å². The molecule has 0 aliphatic carbocycles. The van der Waals surface area contributed by atoms with Gasteiger partial charge in [0.1, 0.15) is 0 Å². The van der Waals surface area contributed by atoms with Gasteiger partial charge in [-0.25, -0.2) is 4.98 Å². The first-order valence-electron chi connectivity index (χ1n) is 7.77. The number of rotatable bonds is 4. The molecule has 5 heteroatoms. The molecule has 5 nitrogen and oxygen atoms in total. The second-order valence-electron chi connectivity index (χ2n) is 6.19. The summed E-state index contributed by atoms with van der Waals surface area (Å²) < 4.78 is 17.3. The molecule has 116 valence electrons. The molecule has 0 radical (unpaired) electrons. The predicted molar refractivity (Wildman–Crippen MR) is 80.8 cm³/mol. The Hall–Kier alpha value is -1.33. The maximum absolute atomic E-state index is 5.98. The lowest BCUT2D eigenvalue weighted by Crippen LogP contribution is -2.45. The van der Waals surface area contributed by atoms with E-state index in [2.05, 4.69) is 10.3 Å². The van der Waals surface area contributed by atoms with Crippen LogP contribution in [-0.2, 0) is 9.47 Å². The van der Waals surface area contributed by atoms with Crippen LogP contribution in [0, 0.1) is 0 Å². The average molecular weight is 292 g/mol. The van der Waals surface area contributed by atoms with Crippen LogP contribution in [-0.4, -0.2) is 42.6 Å². The molecule has 1 aromatic heterocycles. The fourth-order valence-corrected chi connectivity index (χ4v) is 3.05. The summed E-state index contributed by atoms with van der Waals surface area (Å²) in [5.74, 6) is 0.677. The van der Waals surface area contributed by atoms with Gasteiger partial charge in [0.05, 0.1) is 24.0 Å². The Balaban J connectivity index is 1.68. The normalized spacial score (nSPS) is 29.0. The van der Waals surface area contributed by atoms with Gasteiger partial charge in [-0.2, -0.15) is 0 Å². The molecule has 0 bridgehead atoms. The second-order valence-corrected chi connectivity index (χ2v) is 6.19. The van der Waals surface area contributed by atoms with E-state index in [0.717, 1.165) is 38.2 Å². The minimum atomic E-state index is -0.0861. The number of hydrogen-bond acceptors (Lipinski definition) is 5. The molecule has 2 aliphatic heterocycles. The Morgan fingerprint density at radius 3 is 3.10 bits per heavy atom. The summed E-state index contributed by atoms with van der Waals surface area (Å²) >= 11 is 0. The van der Waals surface area contributed by atoms with E-state index in [1.54, 1.807) is 6.20 Å². The Kier molecular flexibility index (Phi) is 4.31. The van der Waals surface area contributed by atoms with Gasteiger partial charge >= 0.3 is 0 Å². The van der Waals surface area contributed by atoms with Gasteiger partial charge in [0, 0.05) is 31.9 Å². The van der Waals surface area contributed by atoms with Crippen molar-refractivity contribution in [1.29, 1.82) is 0 Å². The molecule has 0 aromatic carbocycles. The molecule has 1 aromatic rings. The highest BCUT2D eigenvalue weighted by Gasteiger charge is 2.41. The van der Waals surface area contributed by atoms with Crippen molar-refractivity contribution < 1.29 is 14.2 Å². The Bertz CT molecular complexity index is 472. The van der Waals surface area contributed by atoms with Crippen LogP contribution >= 0.6 is 0 Å². The largest absolute Gasteiger partial charge is 0.473 e. The summed E-state index contributed by atoms with van der Waals surface area (Å²) in [5.41, 5.74) is 0.879. The third-order valence-corrected chi connectivity index (χ3v) is 4.04. The lowest BCUT2D eigenvalue weighted by molar-refractivity contribution is -0.0828. The van der Waals surface area contributed by atoms with Gasteiger partial charge in [-0.1, -0.05) is 0 Å². The molecular weight excluding hydrogens is 268 g/mol. The zero-order chi connectivity index (χ0) is 14.7. The quantitative estimate of drug-likeness (QED) is 0.924. The third kappa shape index (κ3) is 3.47. The average Bonchev–Trinajstić information content (AvgIpc) is 2.88. The molecule has 1 N–H and O–H groups in total. The predicted octanol–water partition coefficient (Wildman–Crippen LogP) is 2.62. The van der Waals surface area contributed by atoms with E-state index in [0.29, 0.717) is 18.5 Å². The molecule has 2 unspecified atom stereocenters. The smallest absolute Gasteiger partial charge is 0.237 e. The number of ether oxygens (including phenoxy) is 3. The molecule has 2 fully saturated rings. The number of nitrogens with zero attached hydrogens (tertiary/aromatic N) is 1. The molecule has 21 heavy (non-hydrogen) atoms. The van der Waals surface area contributed by atoms with Crippen molar-refractivity contribution >= 4 is 5.69 Å². The number of hydrogen-bond donors (Lipinski definition) is 1. The summed E-state index contributed by atoms with van der Waals surface area (Å²) in [6.07, 6.45) is 4.85. The lowest BCUT2D eigenvalue weighted by atomic mass is 9.89. The molecule has 0 amide bonds. The van der Waals surface area contributed by atoms with Crippen molar-refractivity contribution in [3.63, 3.8) is 0 Å². The van der Waals surface area contributed by atoms with E-state index in [1.807, 2.05) is 26.0 Å². The van der Waals surface area contributed by atoms with Gasteiger partial charge in [0.2, 0.25) is 5.88 Å². The fraction of sp³-hybridized carbons (Fsp3) is 0.688. The third-order valence-electron chi connectivity index (χ3n) is 4.04. The summed E-state index contributed by atoms with van der Waals surface area (Å²) in [6.45, 7) is 6.33. The molecule has 3 rings (SSSR count). The number of pyridine rings is 1. The molecule has 3 heterocycles. The van der Waals surface area contributed by atoms with Crippen LogP contribution < -0.4 is 10.1 Å². The van der Waals surface area contributed by atoms with E-state index in [9.17, 15) is 0 Å². The highest BCUT2D eigenvalue weighted by Crippen LogP contribution is 2.35. The van der Waals surface area contributed by atoms with Crippen molar-refractivity contribution in [1.82, 2.24) is 4.98 Å². The van der Waals surface area contributed by atoms with Crippen LogP contribution in [0.3, 0.4) is 0 Å². The SMILES string of the molecule is CC(C)Oc1ncccc1NC1CCOC2(CCOC2)C1. The van der Waals surface area contributed by atoms with Crippen LogP contribution in [0.2, 0.25) is 0 Å². The Morgan fingerprint density at radius 2 is 2.33 bits per heavy atom. The van der Waals surface area contributed by atoms with Crippen LogP contribution in [0.4, 0.5) is 5.69 Å². The standard InChI is InChI=1S/C16H24N2O3/c1-12(2)21-15-14(4-3-7-17-15)18-13-5-8-20-16(10-13)6-9-19-11-16/h3-4,7,12-13,18H,5-6,8-11H2,1-2H3. The first-order valence-corrected chi connectivity index (χ1v) is 7.77. The Labute approximate surface area is 126 Å². The van der Waals surface area contributed by atoms with Crippen molar-refractivity contribution in [2.75, 3.05) is 25.1 Å². The first-order chi connectivity index (χ1) is 10.2. The highest BCUT2D eigenvalue weighted by molar-refractivity contribution is 5.53. The fourth-order valence-electron chi connectivity index (χ4n) is 3.05. The monoisotopic (exact) mass is 292 g/mol. The zero-order valence-electron chi connectivity index (χ0n) is 12.8. The molecule has 0 saturated carbocycles. The van der Waals surface area contributed by atoms with E-state index in [4.69, 9.17) is 14.2 Å². The van der Waals surface area contributed by atoms with Gasteiger partial charge in [-0.15, -0.1) is 0 Å². The topological polar surface area (TPSA) is 52.6 Å². The summed E-state index contributed by atoms with van der Waals surface area (Å²) in [4.78, 5) is 4.33. The minimum Gasteiger partial charge on any atom is -0.473 e. The molecular formula is C16H24N2O3. The first kappa shape index (κ1) is 14.6. The summed E-state index contributed by atoms with van der Waals surface area (Å²) in [7, 11) is 0. The van der Waals surface area contributed by atoms with Gasteiger partial charge in [0.25, 0.3) is 0 Å². The van der Waals surface area contributed by atoms with Crippen LogP contribution in [0.1, 0.15) is 33.1 Å². The lowest BCUT2D eigenvalue weighted by Gasteiger charge is -2.37. The van der Waals surface area contributed by atoms with Gasteiger partial charge < -0.3 is 19.5 Å². The molecule has 2 saturated heterocycles. The van der Waals surface area contributed by atoms with E-state index >= 15 is 0 Å². The number of nitrogens with one attached hydrogen (secondary N) is 1. The van der Waals surface area contributed by atoms with E-state index in [1.165, 1.54) is 0 Å².